The second-order valence-electron chi connectivity index (χ2n) is 7.34. The average molecular weight is 417 g/mol. The molecular formula is C20H30Cl2N2OS. The van der Waals surface area contributed by atoms with Gasteiger partial charge in [0.25, 0.3) is 0 Å². The first-order valence-corrected chi connectivity index (χ1v) is 10.8. The molecular weight excluding hydrogens is 387 g/mol. The van der Waals surface area contributed by atoms with Crippen molar-refractivity contribution < 1.29 is 4.79 Å². The van der Waals surface area contributed by atoms with E-state index in [1.807, 2.05) is 30.3 Å². The number of alkyl halides is 1. The maximum Gasteiger partial charge on any atom is 0.214 e. The number of nitrogens with zero attached hydrogens (tertiary/aromatic N) is 2. The predicted octanol–water partition coefficient (Wildman–Crippen LogP) is 4.24. The van der Waals surface area contributed by atoms with Crippen molar-refractivity contribution in [3.05, 3.63) is 35.9 Å². The summed E-state index contributed by atoms with van der Waals surface area (Å²) >= 11 is 8.50. The molecule has 1 heterocycles. The van der Waals surface area contributed by atoms with Crippen LogP contribution >= 0.6 is 35.8 Å². The number of carbonyl (C=O) groups is 1. The van der Waals surface area contributed by atoms with E-state index < -0.39 is 4.87 Å². The van der Waals surface area contributed by atoms with Gasteiger partial charge in [0.1, 0.15) is 4.87 Å². The lowest BCUT2D eigenvalue weighted by atomic mass is 9.85. The van der Waals surface area contributed by atoms with Crippen molar-refractivity contribution in [2.75, 3.05) is 45.5 Å². The molecule has 0 radical (unpaired) electrons. The van der Waals surface area contributed by atoms with Gasteiger partial charge in [-0.2, -0.15) is 0 Å². The zero-order valence-electron chi connectivity index (χ0n) is 15.5. The molecule has 0 bridgehead atoms. The van der Waals surface area contributed by atoms with Crippen molar-refractivity contribution in [1.29, 1.82) is 0 Å². The molecule has 1 saturated carbocycles. The Labute approximate surface area is 173 Å². The molecule has 1 aromatic carbocycles. The summed E-state index contributed by atoms with van der Waals surface area (Å²) in [6, 6.07) is 10.0. The maximum absolute atomic E-state index is 13.2. The van der Waals surface area contributed by atoms with E-state index >= 15 is 0 Å². The summed E-state index contributed by atoms with van der Waals surface area (Å²) in [5.41, 5.74) is 0.973. The zero-order valence-corrected chi connectivity index (χ0v) is 17.9. The number of thioether (sulfide) groups is 1. The molecule has 1 unspecified atom stereocenters. The largest absolute Gasteiger partial charge is 0.304 e. The number of hydrogen-bond acceptors (Lipinski definition) is 4. The van der Waals surface area contributed by atoms with Gasteiger partial charge in [-0.3, -0.25) is 9.69 Å². The molecule has 2 fully saturated rings. The Bertz CT molecular complexity index is 560. The van der Waals surface area contributed by atoms with Crippen LogP contribution in [0.15, 0.2) is 30.3 Å². The lowest BCUT2D eigenvalue weighted by molar-refractivity contribution is -0.114. The Morgan fingerprint density at radius 1 is 1.15 bits per heavy atom. The number of rotatable bonds is 6. The van der Waals surface area contributed by atoms with E-state index in [0.29, 0.717) is 0 Å². The first kappa shape index (κ1) is 22.0. The highest BCUT2D eigenvalue weighted by Crippen LogP contribution is 2.48. The van der Waals surface area contributed by atoms with Gasteiger partial charge in [-0.15, -0.1) is 24.0 Å². The van der Waals surface area contributed by atoms with Gasteiger partial charge in [-0.25, -0.2) is 0 Å². The van der Waals surface area contributed by atoms with Crippen LogP contribution in [-0.4, -0.2) is 60.4 Å². The van der Waals surface area contributed by atoms with Crippen LogP contribution < -0.4 is 0 Å². The van der Waals surface area contributed by atoms with Crippen LogP contribution in [0.3, 0.4) is 0 Å². The predicted molar refractivity (Wildman–Crippen MR) is 115 cm³/mol. The first-order chi connectivity index (χ1) is 12.1. The molecule has 6 heteroatoms. The van der Waals surface area contributed by atoms with E-state index in [-0.39, 0.29) is 23.4 Å². The summed E-state index contributed by atoms with van der Waals surface area (Å²) < 4.78 is 0. The van der Waals surface area contributed by atoms with Crippen LogP contribution in [0.25, 0.3) is 0 Å². The second-order valence-corrected chi connectivity index (χ2v) is 9.00. The lowest BCUT2D eigenvalue weighted by Crippen LogP contribution is -2.45. The van der Waals surface area contributed by atoms with E-state index in [2.05, 4.69) is 16.8 Å². The average Bonchev–Trinajstić information content (AvgIpc) is 3.18. The van der Waals surface area contributed by atoms with Crippen molar-refractivity contribution >= 4 is 40.9 Å². The lowest BCUT2D eigenvalue weighted by Gasteiger charge is -2.33. The van der Waals surface area contributed by atoms with Gasteiger partial charge in [0.2, 0.25) is 5.12 Å². The Hall–Kier alpha value is -0.260. The third-order valence-electron chi connectivity index (χ3n) is 5.65. The SMILES string of the molecule is CN1CCN(CCSC(=O)C(Cl)(c2ccccc2)C2CCCC2)CC1.Cl. The smallest absolute Gasteiger partial charge is 0.214 e. The number of halogens is 2. The summed E-state index contributed by atoms with van der Waals surface area (Å²) in [5, 5.41) is 0.140. The minimum Gasteiger partial charge on any atom is -0.304 e. The van der Waals surface area contributed by atoms with Crippen molar-refractivity contribution in [3.63, 3.8) is 0 Å². The van der Waals surface area contributed by atoms with Crippen LogP contribution in [0.5, 0.6) is 0 Å². The topological polar surface area (TPSA) is 23.6 Å². The van der Waals surface area contributed by atoms with Crippen molar-refractivity contribution in [2.24, 2.45) is 5.92 Å². The molecule has 0 N–H and O–H groups in total. The fraction of sp³-hybridized carbons (Fsp3) is 0.650. The molecule has 1 saturated heterocycles. The van der Waals surface area contributed by atoms with Crippen molar-refractivity contribution in [2.45, 2.75) is 30.6 Å². The van der Waals surface area contributed by atoms with E-state index in [0.717, 1.165) is 56.9 Å². The van der Waals surface area contributed by atoms with Gasteiger partial charge >= 0.3 is 0 Å². The molecule has 3 nitrogen and oxygen atoms in total. The fourth-order valence-electron chi connectivity index (χ4n) is 3.97. The van der Waals surface area contributed by atoms with Crippen LogP contribution in [0, 0.1) is 5.92 Å². The fourth-order valence-corrected chi connectivity index (χ4v) is 5.51. The van der Waals surface area contributed by atoms with Crippen LogP contribution in [-0.2, 0) is 9.67 Å². The van der Waals surface area contributed by atoms with E-state index in [4.69, 9.17) is 11.6 Å². The molecule has 0 aromatic heterocycles. The van der Waals surface area contributed by atoms with Gasteiger partial charge < -0.3 is 4.90 Å². The number of carbonyl (C=O) groups excluding carboxylic acids is 1. The van der Waals surface area contributed by atoms with Gasteiger partial charge in [0.15, 0.2) is 0 Å². The van der Waals surface area contributed by atoms with Gasteiger partial charge in [-0.05, 0) is 31.4 Å². The van der Waals surface area contributed by atoms with E-state index in [1.54, 1.807) is 0 Å². The number of benzene rings is 1. The highest BCUT2D eigenvalue weighted by atomic mass is 35.5. The maximum atomic E-state index is 13.2. The second kappa shape index (κ2) is 10.3. The third-order valence-corrected chi connectivity index (χ3v) is 7.43. The molecule has 2 aliphatic rings. The minimum atomic E-state index is -0.857. The molecule has 146 valence electrons. The molecule has 1 atom stereocenters. The molecule has 1 aliphatic heterocycles. The first-order valence-electron chi connectivity index (χ1n) is 9.43. The summed E-state index contributed by atoms with van der Waals surface area (Å²) in [4.78, 5) is 17.1. The van der Waals surface area contributed by atoms with Crippen molar-refractivity contribution in [3.8, 4) is 0 Å². The van der Waals surface area contributed by atoms with Crippen molar-refractivity contribution in [1.82, 2.24) is 9.80 Å². The number of likely N-dealkylation sites (N-methyl/N-ethyl adjacent to an activating group) is 1. The third kappa shape index (κ3) is 5.17. The number of hydrogen-bond donors (Lipinski definition) is 0. The summed E-state index contributed by atoms with van der Waals surface area (Å²) in [5.74, 6) is 1.09. The molecule has 1 aliphatic carbocycles. The molecule has 0 spiro atoms. The standard InChI is InChI=1S/C20H29ClN2OS.ClH/c1-22-11-13-23(14-12-22)15-16-25-19(24)20(21,18-9-5-6-10-18)17-7-3-2-4-8-17;/h2-4,7-8,18H,5-6,9-16H2,1H3;1H. The van der Waals surface area contributed by atoms with Crippen LogP contribution in [0.2, 0.25) is 0 Å². The highest BCUT2D eigenvalue weighted by Gasteiger charge is 2.46. The van der Waals surface area contributed by atoms with Crippen LogP contribution in [0.1, 0.15) is 31.2 Å². The molecule has 1 aromatic rings. The normalized spacial score (nSPS) is 21.9. The molecule has 0 amide bonds. The van der Waals surface area contributed by atoms with E-state index in [9.17, 15) is 4.79 Å². The van der Waals surface area contributed by atoms with Gasteiger partial charge in [0.05, 0.1) is 0 Å². The quantitative estimate of drug-likeness (QED) is 0.646. The van der Waals surface area contributed by atoms with E-state index in [1.165, 1.54) is 24.6 Å². The Balaban J connectivity index is 0.00000243. The minimum absolute atomic E-state index is 0. The highest BCUT2D eigenvalue weighted by molar-refractivity contribution is 8.13. The Morgan fingerprint density at radius 2 is 1.77 bits per heavy atom. The van der Waals surface area contributed by atoms with Gasteiger partial charge in [0, 0.05) is 38.5 Å². The molecule has 3 rings (SSSR count). The monoisotopic (exact) mass is 416 g/mol. The number of piperazine rings is 1. The molecule has 26 heavy (non-hydrogen) atoms. The zero-order chi connectivity index (χ0) is 17.7. The Kier molecular flexibility index (Phi) is 8.75. The summed E-state index contributed by atoms with van der Waals surface area (Å²) in [7, 11) is 2.17. The van der Waals surface area contributed by atoms with Gasteiger partial charge in [-0.1, -0.05) is 54.9 Å². The summed E-state index contributed by atoms with van der Waals surface area (Å²) in [6.45, 7) is 5.39. The Morgan fingerprint density at radius 3 is 2.38 bits per heavy atom. The summed E-state index contributed by atoms with van der Waals surface area (Å²) in [6.07, 6.45) is 4.49. The van der Waals surface area contributed by atoms with Crippen LogP contribution in [0.4, 0.5) is 0 Å².